The van der Waals surface area contributed by atoms with E-state index in [4.69, 9.17) is 22.4 Å². The number of aliphatic hydroxyl groups is 1. The summed E-state index contributed by atoms with van der Waals surface area (Å²) in [4.78, 5) is 11.3. The van der Waals surface area contributed by atoms with E-state index in [-0.39, 0.29) is 5.69 Å². The summed E-state index contributed by atoms with van der Waals surface area (Å²) in [5, 5.41) is 10.3. The highest BCUT2D eigenvalue weighted by atomic mass is 35.5. The van der Waals surface area contributed by atoms with Crippen molar-refractivity contribution in [2.45, 2.75) is 12.2 Å². The number of alkyl halides is 3. The van der Waals surface area contributed by atoms with Crippen molar-refractivity contribution in [1.82, 2.24) is 0 Å². The smallest absolute Gasteiger partial charge is 0.394 e. The van der Waals surface area contributed by atoms with Crippen LogP contribution in [0.2, 0.25) is 5.02 Å². The molecule has 4 N–H and O–H groups in total. The molecule has 1 rings (SSSR count). The predicted molar refractivity (Wildman–Crippen MR) is 60.1 cm³/mol. The zero-order valence-electron chi connectivity index (χ0n) is 8.96. The number of hydrogen-bond acceptors (Lipinski definition) is 3. The van der Waals surface area contributed by atoms with E-state index < -0.39 is 35.3 Å². The van der Waals surface area contributed by atoms with E-state index in [1.165, 1.54) is 6.07 Å². The minimum Gasteiger partial charge on any atom is -0.394 e. The molecule has 18 heavy (non-hydrogen) atoms. The fourth-order valence-electron chi connectivity index (χ4n) is 1.14. The summed E-state index contributed by atoms with van der Waals surface area (Å²) in [6.07, 6.45) is -4.61. The molecule has 0 aliphatic carbocycles. The van der Waals surface area contributed by atoms with E-state index in [1.807, 2.05) is 0 Å². The molecule has 0 spiro atoms. The average molecular weight is 283 g/mol. The quantitative estimate of drug-likeness (QED) is 0.788. The lowest BCUT2D eigenvalue weighted by Gasteiger charge is -2.13. The second-order valence-electron chi connectivity index (χ2n) is 3.47. The third-order valence-electron chi connectivity index (χ3n) is 2.07. The molecule has 0 fully saturated rings. The highest BCUT2D eigenvalue weighted by Crippen LogP contribution is 2.36. The molecular formula is C10H10ClF3N2O2. The van der Waals surface area contributed by atoms with Crippen molar-refractivity contribution >= 4 is 23.2 Å². The summed E-state index contributed by atoms with van der Waals surface area (Å²) in [7, 11) is 0. The fraction of sp³-hybridized carbons (Fsp3) is 0.300. The predicted octanol–water partition coefficient (Wildman–Crippen LogP) is 1.62. The number of nitrogens with two attached hydrogens (primary N) is 1. The summed E-state index contributed by atoms with van der Waals surface area (Å²) in [5.41, 5.74) is 4.06. The fourth-order valence-corrected chi connectivity index (χ4v) is 1.36. The van der Waals surface area contributed by atoms with E-state index in [0.29, 0.717) is 6.07 Å². The molecule has 1 amide bonds. The maximum absolute atomic E-state index is 12.5. The van der Waals surface area contributed by atoms with Gasteiger partial charge in [0.2, 0.25) is 5.91 Å². The molecule has 0 radical (unpaired) electrons. The summed E-state index contributed by atoms with van der Waals surface area (Å²) in [6, 6.07) is 1.73. The molecular weight excluding hydrogens is 273 g/mol. The van der Waals surface area contributed by atoms with Gasteiger partial charge in [0.05, 0.1) is 17.2 Å². The lowest BCUT2D eigenvalue weighted by Crippen LogP contribution is -2.38. The Morgan fingerprint density at radius 2 is 2.11 bits per heavy atom. The number of carbonyl (C=O) groups excluding carboxylic acids is 1. The molecule has 0 aliphatic heterocycles. The topological polar surface area (TPSA) is 75.3 Å². The van der Waals surface area contributed by atoms with E-state index >= 15 is 0 Å². The van der Waals surface area contributed by atoms with Gasteiger partial charge in [-0.2, -0.15) is 13.2 Å². The Hall–Kier alpha value is -1.31. The average Bonchev–Trinajstić information content (AvgIpc) is 2.29. The monoisotopic (exact) mass is 282 g/mol. The Labute approximate surface area is 106 Å². The van der Waals surface area contributed by atoms with Gasteiger partial charge in [-0.3, -0.25) is 4.79 Å². The SMILES string of the molecule is NC(CO)C(=O)Nc1ccc(Cl)c(C(F)(F)F)c1. The van der Waals surface area contributed by atoms with E-state index in [2.05, 4.69) is 5.32 Å². The Kier molecular flexibility index (Phi) is 4.55. The lowest BCUT2D eigenvalue weighted by molar-refractivity contribution is -0.137. The van der Waals surface area contributed by atoms with Crippen LogP contribution in [0.1, 0.15) is 5.56 Å². The third kappa shape index (κ3) is 3.59. The first-order valence-electron chi connectivity index (χ1n) is 4.79. The first-order valence-corrected chi connectivity index (χ1v) is 5.17. The van der Waals surface area contributed by atoms with Crippen LogP contribution in [-0.2, 0) is 11.0 Å². The van der Waals surface area contributed by atoms with Gasteiger partial charge in [-0.1, -0.05) is 11.6 Å². The van der Waals surface area contributed by atoms with Crippen LogP contribution >= 0.6 is 11.6 Å². The molecule has 0 aromatic heterocycles. The van der Waals surface area contributed by atoms with Crippen molar-refractivity contribution in [2.24, 2.45) is 5.73 Å². The lowest BCUT2D eigenvalue weighted by atomic mass is 10.2. The van der Waals surface area contributed by atoms with E-state index in [1.54, 1.807) is 0 Å². The van der Waals surface area contributed by atoms with Crippen LogP contribution in [0.15, 0.2) is 18.2 Å². The molecule has 4 nitrogen and oxygen atoms in total. The van der Waals surface area contributed by atoms with Crippen LogP contribution in [-0.4, -0.2) is 23.7 Å². The Balaban J connectivity index is 2.96. The van der Waals surface area contributed by atoms with E-state index in [0.717, 1.165) is 6.07 Å². The van der Waals surface area contributed by atoms with Gasteiger partial charge in [-0.05, 0) is 18.2 Å². The molecule has 1 aromatic rings. The van der Waals surface area contributed by atoms with Gasteiger partial charge in [0.15, 0.2) is 0 Å². The zero-order valence-corrected chi connectivity index (χ0v) is 9.72. The maximum atomic E-state index is 12.5. The second-order valence-corrected chi connectivity index (χ2v) is 3.88. The molecule has 0 saturated carbocycles. The van der Waals surface area contributed by atoms with Crippen LogP contribution in [0.5, 0.6) is 0 Å². The number of nitrogens with one attached hydrogen (secondary N) is 1. The van der Waals surface area contributed by atoms with Crippen molar-refractivity contribution in [3.8, 4) is 0 Å². The maximum Gasteiger partial charge on any atom is 0.417 e. The number of halogens is 4. The van der Waals surface area contributed by atoms with Crippen molar-refractivity contribution in [2.75, 3.05) is 11.9 Å². The number of amides is 1. The van der Waals surface area contributed by atoms with Gasteiger partial charge < -0.3 is 16.2 Å². The Bertz CT molecular complexity index is 451. The molecule has 8 heteroatoms. The molecule has 0 aliphatic rings. The molecule has 1 aromatic carbocycles. The van der Waals surface area contributed by atoms with Crippen LogP contribution < -0.4 is 11.1 Å². The minimum atomic E-state index is -4.61. The number of anilines is 1. The van der Waals surface area contributed by atoms with Crippen molar-refractivity contribution in [1.29, 1.82) is 0 Å². The summed E-state index contributed by atoms with van der Waals surface area (Å²) in [5.74, 6) is -0.784. The van der Waals surface area contributed by atoms with Crippen molar-refractivity contribution in [3.63, 3.8) is 0 Å². The van der Waals surface area contributed by atoms with Crippen LogP contribution in [0.3, 0.4) is 0 Å². The summed E-state index contributed by atoms with van der Waals surface area (Å²) >= 11 is 5.41. The Morgan fingerprint density at radius 3 is 2.61 bits per heavy atom. The standard InChI is InChI=1S/C10H10ClF3N2O2/c11-7-2-1-5(3-6(7)10(12,13)14)16-9(18)8(15)4-17/h1-3,8,17H,4,15H2,(H,16,18). The third-order valence-corrected chi connectivity index (χ3v) is 2.40. The normalized spacial score (nSPS) is 13.2. The van der Waals surface area contributed by atoms with E-state index in [9.17, 15) is 18.0 Å². The van der Waals surface area contributed by atoms with Crippen molar-refractivity contribution < 1.29 is 23.1 Å². The van der Waals surface area contributed by atoms with Crippen LogP contribution in [0.4, 0.5) is 18.9 Å². The van der Waals surface area contributed by atoms with Gasteiger partial charge in [0.1, 0.15) is 6.04 Å². The van der Waals surface area contributed by atoms with Crippen LogP contribution in [0, 0.1) is 0 Å². The molecule has 100 valence electrons. The Morgan fingerprint density at radius 1 is 1.50 bits per heavy atom. The first-order chi connectivity index (χ1) is 8.25. The number of benzene rings is 1. The molecule has 1 unspecified atom stereocenters. The summed E-state index contributed by atoms with van der Waals surface area (Å²) in [6.45, 7) is -0.606. The van der Waals surface area contributed by atoms with Gasteiger partial charge in [-0.15, -0.1) is 0 Å². The number of hydrogen-bond donors (Lipinski definition) is 3. The number of aliphatic hydroxyl groups excluding tert-OH is 1. The second kappa shape index (κ2) is 5.55. The highest BCUT2D eigenvalue weighted by Gasteiger charge is 2.33. The molecule has 0 bridgehead atoms. The first kappa shape index (κ1) is 14.7. The van der Waals surface area contributed by atoms with Gasteiger partial charge in [0.25, 0.3) is 0 Å². The highest BCUT2D eigenvalue weighted by molar-refractivity contribution is 6.31. The largest absolute Gasteiger partial charge is 0.417 e. The van der Waals surface area contributed by atoms with Gasteiger partial charge >= 0.3 is 6.18 Å². The van der Waals surface area contributed by atoms with Gasteiger partial charge in [-0.25, -0.2) is 0 Å². The summed E-state index contributed by atoms with van der Waals surface area (Å²) < 4.78 is 37.6. The van der Waals surface area contributed by atoms with Crippen LogP contribution in [0.25, 0.3) is 0 Å². The van der Waals surface area contributed by atoms with Gasteiger partial charge in [0, 0.05) is 5.69 Å². The minimum absolute atomic E-state index is 0.0966. The molecule has 0 heterocycles. The molecule has 0 saturated heterocycles. The van der Waals surface area contributed by atoms with Crippen molar-refractivity contribution in [3.05, 3.63) is 28.8 Å². The zero-order chi connectivity index (χ0) is 13.9. The number of carbonyl (C=O) groups is 1. The number of rotatable bonds is 3. The molecule has 1 atom stereocenters.